The van der Waals surface area contributed by atoms with Gasteiger partial charge in [-0.05, 0) is 87.4 Å². The van der Waals surface area contributed by atoms with Crippen molar-refractivity contribution in [1.82, 2.24) is 5.43 Å². The summed E-state index contributed by atoms with van der Waals surface area (Å²) in [7, 11) is 0. The summed E-state index contributed by atoms with van der Waals surface area (Å²) in [6.45, 7) is 2.82. The molecule has 0 aliphatic heterocycles. The Labute approximate surface area is 213 Å². The van der Waals surface area contributed by atoms with Crippen molar-refractivity contribution in [2.45, 2.75) is 13.5 Å². The van der Waals surface area contributed by atoms with Gasteiger partial charge in [0.2, 0.25) is 0 Å². The maximum absolute atomic E-state index is 12.4. The van der Waals surface area contributed by atoms with Crippen LogP contribution >= 0.6 is 38.5 Å². The average molecular weight is 619 g/mol. The summed E-state index contributed by atoms with van der Waals surface area (Å²) < 4.78 is 19.2. The van der Waals surface area contributed by atoms with E-state index < -0.39 is 5.91 Å². The topological polar surface area (TPSA) is 73.1 Å². The lowest BCUT2D eigenvalue weighted by molar-refractivity contribution is 0.0929. The van der Waals surface area contributed by atoms with E-state index in [1.807, 2.05) is 67.6 Å². The van der Waals surface area contributed by atoms with Gasteiger partial charge in [0.25, 0.3) is 0 Å². The van der Waals surface area contributed by atoms with Crippen LogP contribution in [-0.4, -0.2) is 18.7 Å². The lowest BCUT2D eigenvalue weighted by Crippen LogP contribution is -2.16. The van der Waals surface area contributed by atoms with E-state index in [2.05, 4.69) is 49.0 Å². The van der Waals surface area contributed by atoms with Crippen LogP contribution in [0.15, 0.2) is 80.7 Å². The molecule has 0 saturated carbocycles. The van der Waals surface area contributed by atoms with Gasteiger partial charge >= 0.3 is 5.91 Å². The number of para-hydroxylation sites is 1. The maximum Gasteiger partial charge on any atom is 0.307 e. The molecule has 0 aliphatic carbocycles. The molecule has 0 unspecified atom stereocenters. The van der Waals surface area contributed by atoms with E-state index in [0.717, 1.165) is 21.0 Å². The Bertz CT molecular complexity index is 1270. The fourth-order valence-electron chi connectivity index (χ4n) is 3.08. The monoisotopic (exact) mass is 618 g/mol. The van der Waals surface area contributed by atoms with Gasteiger partial charge in [0.05, 0.1) is 12.8 Å². The van der Waals surface area contributed by atoms with E-state index in [1.54, 1.807) is 6.07 Å². The van der Waals surface area contributed by atoms with Crippen molar-refractivity contribution in [3.63, 3.8) is 0 Å². The fourth-order valence-corrected chi connectivity index (χ4v) is 3.87. The van der Waals surface area contributed by atoms with Gasteiger partial charge in [0.1, 0.15) is 12.2 Å². The molecule has 1 amide bonds. The Morgan fingerprint density at radius 3 is 2.61 bits per heavy atom. The lowest BCUT2D eigenvalue weighted by Gasteiger charge is -2.14. The van der Waals surface area contributed by atoms with Crippen LogP contribution in [-0.2, 0) is 6.61 Å². The largest absolute Gasteiger partial charge is 0.490 e. The molecule has 0 atom stereocenters. The molecule has 33 heavy (non-hydrogen) atoms. The Balaban J connectivity index is 1.46. The van der Waals surface area contributed by atoms with Crippen molar-refractivity contribution in [3.05, 3.63) is 91.7 Å². The number of carbonyl (C=O) groups excluding carboxylic acids is 1. The molecule has 4 rings (SSSR count). The smallest absolute Gasteiger partial charge is 0.307 e. The molecular weight excluding hydrogens is 599 g/mol. The van der Waals surface area contributed by atoms with E-state index in [4.69, 9.17) is 13.9 Å². The van der Waals surface area contributed by atoms with Gasteiger partial charge in [0, 0.05) is 19.0 Å². The van der Waals surface area contributed by atoms with E-state index in [0.29, 0.717) is 30.3 Å². The first-order valence-corrected chi connectivity index (χ1v) is 12.1. The molecule has 1 heterocycles. The Kier molecular flexibility index (Phi) is 7.66. The van der Waals surface area contributed by atoms with Gasteiger partial charge in [0.15, 0.2) is 17.3 Å². The second kappa shape index (κ2) is 10.8. The van der Waals surface area contributed by atoms with Gasteiger partial charge in [-0.2, -0.15) is 5.10 Å². The zero-order valence-corrected chi connectivity index (χ0v) is 21.4. The van der Waals surface area contributed by atoms with Crippen LogP contribution in [0.2, 0.25) is 0 Å². The summed E-state index contributed by atoms with van der Waals surface area (Å²) in [6.07, 6.45) is 1.54. The number of amides is 1. The zero-order valence-electron chi connectivity index (χ0n) is 17.7. The first-order chi connectivity index (χ1) is 16.0. The Hall–Kier alpha value is -2.85. The number of ether oxygens (including phenoxy) is 2. The molecule has 1 N–H and O–H groups in total. The number of benzene rings is 3. The van der Waals surface area contributed by atoms with Gasteiger partial charge in [-0.1, -0.05) is 30.3 Å². The van der Waals surface area contributed by atoms with Crippen LogP contribution in [0, 0.1) is 3.57 Å². The number of fused-ring (bicyclic) bond motifs is 1. The predicted octanol–water partition coefficient (Wildman–Crippen LogP) is 6.54. The first kappa shape index (κ1) is 23.3. The molecule has 0 spiro atoms. The third kappa shape index (κ3) is 5.94. The summed E-state index contributed by atoms with van der Waals surface area (Å²) in [5.41, 5.74) is 4.94. The van der Waals surface area contributed by atoms with Crippen molar-refractivity contribution in [1.29, 1.82) is 0 Å². The van der Waals surface area contributed by atoms with Crippen LogP contribution < -0.4 is 14.9 Å². The second-order valence-electron chi connectivity index (χ2n) is 7.02. The van der Waals surface area contributed by atoms with Crippen molar-refractivity contribution in [3.8, 4) is 11.5 Å². The Morgan fingerprint density at radius 1 is 1.09 bits per heavy atom. The van der Waals surface area contributed by atoms with Gasteiger partial charge < -0.3 is 13.9 Å². The third-order valence-corrected chi connectivity index (χ3v) is 6.10. The van der Waals surface area contributed by atoms with Crippen LogP contribution in [0.4, 0.5) is 0 Å². The number of carbonyl (C=O) groups is 1. The summed E-state index contributed by atoms with van der Waals surface area (Å²) >= 11 is 5.82. The van der Waals surface area contributed by atoms with E-state index in [9.17, 15) is 4.79 Å². The lowest BCUT2D eigenvalue weighted by atomic mass is 10.2. The molecule has 168 valence electrons. The number of hydrazone groups is 1. The number of furan rings is 1. The first-order valence-electron chi connectivity index (χ1n) is 10.2. The van der Waals surface area contributed by atoms with Crippen molar-refractivity contribution < 1.29 is 18.7 Å². The highest BCUT2D eigenvalue weighted by molar-refractivity contribution is 14.1. The number of nitrogens with one attached hydrogen (secondary N) is 1. The third-order valence-electron chi connectivity index (χ3n) is 4.69. The van der Waals surface area contributed by atoms with E-state index in [1.165, 1.54) is 9.78 Å². The molecule has 0 saturated heterocycles. The number of rotatable bonds is 8. The normalized spacial score (nSPS) is 11.1. The average Bonchev–Trinajstić information content (AvgIpc) is 3.25. The van der Waals surface area contributed by atoms with E-state index in [-0.39, 0.29) is 5.76 Å². The van der Waals surface area contributed by atoms with Gasteiger partial charge in [-0.25, -0.2) is 5.43 Å². The Morgan fingerprint density at radius 2 is 1.85 bits per heavy atom. The predicted molar refractivity (Wildman–Crippen MR) is 140 cm³/mol. The molecule has 0 radical (unpaired) electrons. The minimum absolute atomic E-state index is 0.196. The minimum Gasteiger partial charge on any atom is -0.490 e. The van der Waals surface area contributed by atoms with Crippen LogP contribution in [0.3, 0.4) is 0 Å². The fraction of sp³-hybridized carbons (Fsp3) is 0.120. The van der Waals surface area contributed by atoms with Gasteiger partial charge in [-0.3, -0.25) is 4.79 Å². The van der Waals surface area contributed by atoms with Crippen LogP contribution in [0.5, 0.6) is 11.5 Å². The molecule has 3 aromatic carbocycles. The summed E-state index contributed by atoms with van der Waals surface area (Å²) in [6, 6.07) is 20.9. The van der Waals surface area contributed by atoms with Gasteiger partial charge in [-0.15, -0.1) is 0 Å². The zero-order chi connectivity index (χ0) is 23.2. The number of hydrogen-bond acceptors (Lipinski definition) is 5. The number of hydrogen-bond donors (Lipinski definition) is 1. The SMILES string of the molecule is CCOc1cc(/C=N/NC(=O)c2cc3ccccc3o2)c(Br)cc1OCc1ccc(I)cc1. The number of nitrogens with zero attached hydrogens (tertiary/aromatic N) is 1. The highest BCUT2D eigenvalue weighted by atomic mass is 127. The van der Waals surface area contributed by atoms with Crippen LogP contribution in [0.25, 0.3) is 11.0 Å². The molecule has 4 aromatic rings. The summed E-state index contributed by atoms with van der Waals surface area (Å²) in [4.78, 5) is 12.4. The quantitative estimate of drug-likeness (QED) is 0.138. The minimum atomic E-state index is -0.430. The van der Waals surface area contributed by atoms with Crippen LogP contribution in [0.1, 0.15) is 28.6 Å². The molecule has 6 nitrogen and oxygen atoms in total. The maximum atomic E-state index is 12.4. The van der Waals surface area contributed by atoms with Crippen molar-refractivity contribution in [2.75, 3.05) is 6.61 Å². The summed E-state index contributed by atoms with van der Waals surface area (Å²) in [5.74, 6) is 0.977. The highest BCUT2D eigenvalue weighted by Gasteiger charge is 2.13. The number of halogens is 2. The molecule has 0 aliphatic rings. The molecule has 8 heteroatoms. The molecule has 0 fully saturated rings. The molecular formula is C25H20BrIN2O4. The van der Waals surface area contributed by atoms with Crippen molar-refractivity contribution >= 4 is 61.6 Å². The highest BCUT2D eigenvalue weighted by Crippen LogP contribution is 2.34. The van der Waals surface area contributed by atoms with Crippen molar-refractivity contribution in [2.24, 2.45) is 5.10 Å². The molecule has 0 bridgehead atoms. The molecule has 1 aromatic heterocycles. The van der Waals surface area contributed by atoms with E-state index >= 15 is 0 Å². The summed E-state index contributed by atoms with van der Waals surface area (Å²) in [5, 5.41) is 4.93. The standard InChI is InChI=1S/C25H20BrIN2O4/c1-2-31-22-12-18(20(26)13-23(22)32-15-16-7-9-19(27)10-8-16)14-28-29-25(30)24-11-17-5-3-4-6-21(17)33-24/h3-14H,2,15H2,1H3,(H,29,30)/b28-14+. The second-order valence-corrected chi connectivity index (χ2v) is 9.12.